The fraction of sp³-hybridized carbons (Fsp3) is 0.429. The lowest BCUT2D eigenvalue weighted by Crippen LogP contribution is -2.43. The van der Waals surface area contributed by atoms with Crippen LogP contribution in [-0.2, 0) is 9.59 Å². The molecule has 2 aliphatic rings. The van der Waals surface area contributed by atoms with Crippen molar-refractivity contribution in [1.29, 1.82) is 0 Å². The van der Waals surface area contributed by atoms with Crippen LogP contribution in [0.2, 0.25) is 0 Å². The van der Waals surface area contributed by atoms with E-state index < -0.39 is 11.4 Å². The highest BCUT2D eigenvalue weighted by Crippen LogP contribution is 2.49. The van der Waals surface area contributed by atoms with Gasteiger partial charge in [-0.05, 0) is 37.1 Å². The fourth-order valence-electron chi connectivity index (χ4n) is 4.71. The summed E-state index contributed by atoms with van der Waals surface area (Å²) in [7, 11) is 0. The van der Waals surface area contributed by atoms with Crippen LogP contribution >= 0.6 is 0 Å². The van der Waals surface area contributed by atoms with Crippen molar-refractivity contribution in [3.8, 4) is 0 Å². The molecule has 26 heavy (non-hydrogen) atoms. The van der Waals surface area contributed by atoms with Gasteiger partial charge in [-0.2, -0.15) is 0 Å². The van der Waals surface area contributed by atoms with Crippen molar-refractivity contribution in [3.05, 3.63) is 42.5 Å². The topological polar surface area (TPSA) is 69.6 Å². The van der Waals surface area contributed by atoms with Crippen molar-refractivity contribution in [2.24, 2.45) is 11.3 Å². The summed E-state index contributed by atoms with van der Waals surface area (Å²) in [5.41, 5.74) is 0.140. The molecular weight excluding hydrogens is 328 g/mol. The van der Waals surface area contributed by atoms with Crippen LogP contribution in [0.5, 0.6) is 0 Å². The van der Waals surface area contributed by atoms with Crippen molar-refractivity contribution in [3.63, 3.8) is 0 Å². The average molecular weight is 352 g/mol. The minimum absolute atomic E-state index is 0.0816. The van der Waals surface area contributed by atoms with Crippen LogP contribution in [0, 0.1) is 11.3 Å². The second-order valence-electron chi connectivity index (χ2n) is 7.67. The van der Waals surface area contributed by atoms with Gasteiger partial charge < -0.3 is 10.4 Å². The standard InChI is InChI=1S/C21H24N2O3/c1-14(23-12-16-8-5-11-21(16,13-23)20(25)26)19(24)22-18-10-4-7-15-6-2-3-9-17(15)18/h2-4,6-7,9-10,14,16H,5,8,11-13H2,1H3,(H,22,24)(H,25,26)/t14?,16-,21+/m0/s1. The quantitative estimate of drug-likeness (QED) is 0.885. The number of carbonyl (C=O) groups is 2. The minimum atomic E-state index is -0.704. The highest BCUT2D eigenvalue weighted by Gasteiger charge is 2.55. The van der Waals surface area contributed by atoms with E-state index in [9.17, 15) is 14.7 Å². The molecule has 2 aromatic rings. The molecule has 0 aromatic heterocycles. The Morgan fingerprint density at radius 3 is 2.77 bits per heavy atom. The predicted molar refractivity (Wildman–Crippen MR) is 101 cm³/mol. The number of hydrogen-bond acceptors (Lipinski definition) is 3. The predicted octanol–water partition coefficient (Wildman–Crippen LogP) is 3.35. The first-order valence-corrected chi connectivity index (χ1v) is 9.27. The van der Waals surface area contributed by atoms with Gasteiger partial charge in [-0.1, -0.05) is 42.8 Å². The maximum Gasteiger partial charge on any atom is 0.311 e. The Kier molecular flexibility index (Phi) is 4.19. The first kappa shape index (κ1) is 17.0. The molecule has 1 aliphatic heterocycles. The van der Waals surface area contributed by atoms with Gasteiger partial charge in [0, 0.05) is 24.2 Å². The number of carboxylic acid groups (broad SMARTS) is 1. The highest BCUT2D eigenvalue weighted by molar-refractivity contribution is 6.03. The number of carbonyl (C=O) groups excluding carboxylic acids is 1. The molecule has 0 spiro atoms. The van der Waals surface area contributed by atoms with E-state index in [-0.39, 0.29) is 17.9 Å². The number of nitrogens with zero attached hydrogens (tertiary/aromatic N) is 1. The highest BCUT2D eigenvalue weighted by atomic mass is 16.4. The molecule has 2 fully saturated rings. The van der Waals surface area contributed by atoms with Crippen LogP contribution in [0.25, 0.3) is 10.8 Å². The summed E-state index contributed by atoms with van der Waals surface area (Å²) >= 11 is 0. The molecule has 1 aliphatic carbocycles. The third kappa shape index (κ3) is 2.67. The molecule has 4 rings (SSSR count). The second kappa shape index (κ2) is 6.40. The number of anilines is 1. The summed E-state index contributed by atoms with van der Waals surface area (Å²) in [5, 5.41) is 14.9. The number of rotatable bonds is 4. The van der Waals surface area contributed by atoms with E-state index in [0.29, 0.717) is 13.1 Å². The molecule has 136 valence electrons. The number of hydrogen-bond donors (Lipinski definition) is 2. The molecule has 1 unspecified atom stereocenters. The minimum Gasteiger partial charge on any atom is -0.481 e. The lowest BCUT2D eigenvalue weighted by atomic mass is 9.81. The van der Waals surface area contributed by atoms with Gasteiger partial charge in [-0.3, -0.25) is 14.5 Å². The van der Waals surface area contributed by atoms with Gasteiger partial charge in [-0.15, -0.1) is 0 Å². The van der Waals surface area contributed by atoms with Gasteiger partial charge in [0.25, 0.3) is 0 Å². The van der Waals surface area contributed by atoms with Crippen LogP contribution in [0.15, 0.2) is 42.5 Å². The van der Waals surface area contributed by atoms with Gasteiger partial charge in [0.05, 0.1) is 11.5 Å². The van der Waals surface area contributed by atoms with E-state index in [1.165, 1.54) is 0 Å². The number of aliphatic carboxylic acids is 1. The third-order valence-corrected chi connectivity index (χ3v) is 6.30. The molecule has 5 heteroatoms. The Morgan fingerprint density at radius 1 is 1.23 bits per heavy atom. The van der Waals surface area contributed by atoms with Gasteiger partial charge in [0.2, 0.25) is 5.91 Å². The molecule has 1 saturated heterocycles. The Hall–Kier alpha value is -2.40. The first-order chi connectivity index (χ1) is 12.5. The molecule has 3 atom stereocenters. The molecule has 5 nitrogen and oxygen atoms in total. The number of amides is 1. The molecule has 2 aromatic carbocycles. The molecule has 1 saturated carbocycles. The summed E-state index contributed by atoms with van der Waals surface area (Å²) in [5.74, 6) is -0.626. The largest absolute Gasteiger partial charge is 0.481 e. The lowest BCUT2D eigenvalue weighted by Gasteiger charge is -2.26. The zero-order valence-electron chi connectivity index (χ0n) is 14.9. The monoisotopic (exact) mass is 352 g/mol. The zero-order valence-corrected chi connectivity index (χ0v) is 14.9. The van der Waals surface area contributed by atoms with Crippen molar-refractivity contribution < 1.29 is 14.7 Å². The summed E-state index contributed by atoms with van der Waals surface area (Å²) in [4.78, 5) is 26.7. The summed E-state index contributed by atoms with van der Waals surface area (Å²) in [6.45, 7) is 3.03. The first-order valence-electron chi connectivity index (χ1n) is 9.27. The van der Waals surface area contributed by atoms with E-state index in [2.05, 4.69) is 5.32 Å². The third-order valence-electron chi connectivity index (χ3n) is 6.30. The molecule has 2 N–H and O–H groups in total. The maximum absolute atomic E-state index is 12.8. The van der Waals surface area contributed by atoms with E-state index in [4.69, 9.17) is 0 Å². The Labute approximate surface area is 153 Å². The zero-order chi connectivity index (χ0) is 18.3. The van der Waals surface area contributed by atoms with Crippen LogP contribution in [0.4, 0.5) is 5.69 Å². The summed E-state index contributed by atoms with van der Waals surface area (Å²) in [6.07, 6.45) is 2.64. The summed E-state index contributed by atoms with van der Waals surface area (Å²) < 4.78 is 0. The van der Waals surface area contributed by atoms with Crippen LogP contribution < -0.4 is 5.32 Å². The van der Waals surface area contributed by atoms with Crippen molar-refractivity contribution >= 4 is 28.3 Å². The fourth-order valence-corrected chi connectivity index (χ4v) is 4.71. The molecule has 1 heterocycles. The lowest BCUT2D eigenvalue weighted by molar-refractivity contribution is -0.149. The molecule has 0 bridgehead atoms. The number of carboxylic acids is 1. The van der Waals surface area contributed by atoms with Crippen molar-refractivity contribution in [2.75, 3.05) is 18.4 Å². The Morgan fingerprint density at radius 2 is 2.00 bits per heavy atom. The molecule has 0 radical (unpaired) electrons. The Bertz CT molecular complexity index is 860. The van der Waals surface area contributed by atoms with E-state index >= 15 is 0 Å². The molecule has 1 amide bonds. The average Bonchev–Trinajstić information content (AvgIpc) is 3.20. The number of fused-ring (bicyclic) bond motifs is 2. The number of likely N-dealkylation sites (tertiary alicyclic amines) is 1. The van der Waals surface area contributed by atoms with E-state index in [0.717, 1.165) is 35.7 Å². The van der Waals surface area contributed by atoms with E-state index in [1.807, 2.05) is 54.3 Å². The molecular formula is C21H24N2O3. The van der Waals surface area contributed by atoms with Crippen molar-refractivity contribution in [2.45, 2.75) is 32.2 Å². The van der Waals surface area contributed by atoms with Crippen LogP contribution in [0.1, 0.15) is 26.2 Å². The van der Waals surface area contributed by atoms with E-state index in [1.54, 1.807) is 0 Å². The SMILES string of the molecule is CC(C(=O)Nc1cccc2ccccc12)N1C[C@@H]2CCC[C@@]2(C(=O)O)C1. The Balaban J connectivity index is 1.51. The van der Waals surface area contributed by atoms with Crippen molar-refractivity contribution in [1.82, 2.24) is 4.90 Å². The normalized spacial score (nSPS) is 26.6. The van der Waals surface area contributed by atoms with Gasteiger partial charge in [-0.25, -0.2) is 0 Å². The smallest absolute Gasteiger partial charge is 0.311 e. The van der Waals surface area contributed by atoms with Gasteiger partial charge >= 0.3 is 5.97 Å². The second-order valence-corrected chi connectivity index (χ2v) is 7.67. The number of nitrogens with one attached hydrogen (secondary N) is 1. The maximum atomic E-state index is 12.8. The summed E-state index contributed by atoms with van der Waals surface area (Å²) in [6, 6.07) is 13.5. The van der Waals surface area contributed by atoms with Gasteiger partial charge in [0.1, 0.15) is 0 Å². The number of benzene rings is 2. The van der Waals surface area contributed by atoms with Crippen LogP contribution in [-0.4, -0.2) is 41.0 Å². The van der Waals surface area contributed by atoms with Crippen LogP contribution in [0.3, 0.4) is 0 Å². The van der Waals surface area contributed by atoms with Gasteiger partial charge in [0.15, 0.2) is 0 Å².